The normalized spacial score (nSPS) is 26.4. The number of amides is 1. The molecule has 2 atom stereocenters. The topological polar surface area (TPSA) is 68.0 Å². The maximum absolute atomic E-state index is 11.8. The molecule has 0 saturated heterocycles. The van der Waals surface area contributed by atoms with Gasteiger partial charge in [-0.15, -0.1) is 11.8 Å². The molecule has 1 amide bonds. The first kappa shape index (κ1) is 15.6. The lowest BCUT2D eigenvalue weighted by Crippen LogP contribution is -2.58. The molecule has 20 heavy (non-hydrogen) atoms. The van der Waals surface area contributed by atoms with E-state index in [4.69, 9.17) is 17.3 Å². The number of rotatable bonds is 5. The van der Waals surface area contributed by atoms with Gasteiger partial charge in [-0.25, -0.2) is 4.98 Å². The van der Waals surface area contributed by atoms with Gasteiger partial charge in [0.05, 0.1) is 15.6 Å². The molecular weight excluding hydrogens is 294 g/mol. The monoisotopic (exact) mass is 313 g/mol. The van der Waals surface area contributed by atoms with Crippen LogP contribution in [0.3, 0.4) is 0 Å². The SMILES string of the molecule is CCNC1(C(N)=O)CCCC(Sc2ccc(Cl)cn2)C1. The summed E-state index contributed by atoms with van der Waals surface area (Å²) in [5.74, 6) is -0.242. The molecule has 4 nitrogen and oxygen atoms in total. The number of primary amides is 1. The number of hydrogen-bond donors (Lipinski definition) is 2. The summed E-state index contributed by atoms with van der Waals surface area (Å²) in [6.45, 7) is 2.75. The number of halogens is 1. The van der Waals surface area contributed by atoms with E-state index >= 15 is 0 Å². The number of pyridine rings is 1. The molecule has 1 aromatic heterocycles. The zero-order chi connectivity index (χ0) is 14.6. The minimum absolute atomic E-state index is 0.242. The number of aromatic nitrogens is 1. The molecule has 1 saturated carbocycles. The van der Waals surface area contributed by atoms with E-state index in [-0.39, 0.29) is 5.91 Å². The van der Waals surface area contributed by atoms with E-state index in [1.165, 1.54) is 0 Å². The number of carbonyl (C=O) groups excluding carboxylic acids is 1. The minimum atomic E-state index is -0.558. The molecule has 1 aliphatic carbocycles. The second-order valence-electron chi connectivity index (χ2n) is 5.13. The second kappa shape index (κ2) is 6.78. The zero-order valence-electron chi connectivity index (χ0n) is 11.6. The lowest BCUT2D eigenvalue weighted by molar-refractivity contribution is -0.125. The number of nitrogens with one attached hydrogen (secondary N) is 1. The molecule has 2 rings (SSSR count). The largest absolute Gasteiger partial charge is 0.368 e. The van der Waals surface area contributed by atoms with Crippen LogP contribution in [0.5, 0.6) is 0 Å². The van der Waals surface area contributed by atoms with Crippen molar-refractivity contribution in [2.24, 2.45) is 5.73 Å². The lowest BCUT2D eigenvalue weighted by atomic mass is 9.80. The summed E-state index contributed by atoms with van der Waals surface area (Å²) in [5, 5.41) is 5.22. The quantitative estimate of drug-likeness (QED) is 0.877. The summed E-state index contributed by atoms with van der Waals surface area (Å²) in [6.07, 6.45) is 5.31. The average molecular weight is 314 g/mol. The minimum Gasteiger partial charge on any atom is -0.368 e. The highest BCUT2D eigenvalue weighted by Crippen LogP contribution is 2.37. The summed E-state index contributed by atoms with van der Waals surface area (Å²) in [5.41, 5.74) is 5.06. The fraction of sp³-hybridized carbons (Fsp3) is 0.571. The van der Waals surface area contributed by atoms with Crippen LogP contribution in [0.25, 0.3) is 0 Å². The van der Waals surface area contributed by atoms with Crippen LogP contribution in [0.15, 0.2) is 23.4 Å². The first-order valence-electron chi connectivity index (χ1n) is 6.89. The highest BCUT2D eigenvalue weighted by Gasteiger charge is 2.40. The summed E-state index contributed by atoms with van der Waals surface area (Å²) in [7, 11) is 0. The van der Waals surface area contributed by atoms with Crippen molar-refractivity contribution in [3.05, 3.63) is 23.4 Å². The Kier molecular flexibility index (Phi) is 5.29. The van der Waals surface area contributed by atoms with Gasteiger partial charge in [-0.05, 0) is 44.4 Å². The van der Waals surface area contributed by atoms with E-state index in [0.717, 1.165) is 37.3 Å². The number of nitrogens with zero attached hydrogens (tertiary/aromatic N) is 1. The van der Waals surface area contributed by atoms with Crippen LogP contribution in [-0.2, 0) is 4.79 Å². The van der Waals surface area contributed by atoms with Crippen LogP contribution >= 0.6 is 23.4 Å². The average Bonchev–Trinajstić information content (AvgIpc) is 2.42. The van der Waals surface area contributed by atoms with Gasteiger partial charge in [0.25, 0.3) is 0 Å². The van der Waals surface area contributed by atoms with Gasteiger partial charge in [0.1, 0.15) is 0 Å². The third kappa shape index (κ3) is 3.65. The molecule has 1 aromatic rings. The van der Waals surface area contributed by atoms with Crippen LogP contribution in [0.4, 0.5) is 0 Å². The lowest BCUT2D eigenvalue weighted by Gasteiger charge is -2.38. The summed E-state index contributed by atoms with van der Waals surface area (Å²) >= 11 is 7.54. The van der Waals surface area contributed by atoms with Crippen molar-refractivity contribution in [1.29, 1.82) is 0 Å². The Balaban J connectivity index is 2.05. The maximum atomic E-state index is 11.8. The zero-order valence-corrected chi connectivity index (χ0v) is 13.1. The van der Waals surface area contributed by atoms with Gasteiger partial charge in [0, 0.05) is 11.4 Å². The standard InChI is InChI=1S/C14H20ClN3OS/c1-2-18-14(13(16)19)7-3-4-11(8-14)20-12-6-5-10(15)9-17-12/h5-6,9,11,18H,2-4,7-8H2,1H3,(H2,16,19). The summed E-state index contributed by atoms with van der Waals surface area (Å²) in [6, 6.07) is 3.76. The first-order valence-corrected chi connectivity index (χ1v) is 8.14. The Labute approximate surface area is 128 Å². The van der Waals surface area contributed by atoms with Crippen molar-refractivity contribution < 1.29 is 4.79 Å². The van der Waals surface area contributed by atoms with Crippen molar-refractivity contribution in [1.82, 2.24) is 10.3 Å². The van der Waals surface area contributed by atoms with Crippen molar-refractivity contribution >= 4 is 29.3 Å². The van der Waals surface area contributed by atoms with E-state index < -0.39 is 5.54 Å². The predicted molar refractivity (Wildman–Crippen MR) is 83.0 cm³/mol. The fourth-order valence-corrected chi connectivity index (χ4v) is 4.10. The van der Waals surface area contributed by atoms with Crippen molar-refractivity contribution in [2.75, 3.05) is 6.54 Å². The van der Waals surface area contributed by atoms with Gasteiger partial charge in [-0.2, -0.15) is 0 Å². The van der Waals surface area contributed by atoms with Gasteiger partial charge in [-0.1, -0.05) is 18.5 Å². The molecule has 3 N–H and O–H groups in total. The van der Waals surface area contributed by atoms with Crippen LogP contribution in [0.1, 0.15) is 32.6 Å². The number of likely N-dealkylation sites (N-methyl/N-ethyl adjacent to an activating group) is 1. The van der Waals surface area contributed by atoms with Gasteiger partial charge < -0.3 is 11.1 Å². The van der Waals surface area contributed by atoms with Crippen LogP contribution in [0, 0.1) is 0 Å². The molecule has 1 aliphatic rings. The number of hydrogen-bond acceptors (Lipinski definition) is 4. The molecule has 6 heteroatoms. The van der Waals surface area contributed by atoms with Crippen LogP contribution < -0.4 is 11.1 Å². The first-order chi connectivity index (χ1) is 9.55. The molecule has 0 aromatic carbocycles. The third-order valence-corrected chi connectivity index (χ3v) is 5.12. The van der Waals surface area contributed by atoms with Crippen molar-refractivity contribution in [2.45, 2.75) is 48.4 Å². The Hall–Kier alpha value is -0.780. The molecular formula is C14H20ClN3OS. The van der Waals surface area contributed by atoms with E-state index in [0.29, 0.717) is 10.3 Å². The maximum Gasteiger partial charge on any atom is 0.237 e. The second-order valence-corrected chi connectivity index (χ2v) is 6.88. The van der Waals surface area contributed by atoms with Gasteiger partial charge in [0.2, 0.25) is 5.91 Å². The Bertz CT molecular complexity index is 464. The Morgan fingerprint density at radius 3 is 3.05 bits per heavy atom. The van der Waals surface area contributed by atoms with Gasteiger partial charge >= 0.3 is 0 Å². The number of thioether (sulfide) groups is 1. The van der Waals surface area contributed by atoms with E-state index in [1.807, 2.05) is 19.1 Å². The van der Waals surface area contributed by atoms with Crippen molar-refractivity contribution in [3.8, 4) is 0 Å². The molecule has 2 unspecified atom stereocenters. The number of carbonyl (C=O) groups is 1. The summed E-state index contributed by atoms with van der Waals surface area (Å²) in [4.78, 5) is 16.1. The number of nitrogens with two attached hydrogens (primary N) is 1. The van der Waals surface area contributed by atoms with Gasteiger partial charge in [-0.3, -0.25) is 4.79 Å². The highest BCUT2D eigenvalue weighted by atomic mass is 35.5. The Morgan fingerprint density at radius 2 is 2.45 bits per heavy atom. The molecule has 1 fully saturated rings. The molecule has 0 bridgehead atoms. The van der Waals surface area contributed by atoms with Crippen LogP contribution in [0.2, 0.25) is 5.02 Å². The van der Waals surface area contributed by atoms with E-state index in [2.05, 4.69) is 10.3 Å². The predicted octanol–water partition coefficient (Wildman–Crippen LogP) is 2.60. The molecule has 0 aliphatic heterocycles. The fourth-order valence-electron chi connectivity index (χ4n) is 2.74. The highest BCUT2D eigenvalue weighted by molar-refractivity contribution is 7.99. The van der Waals surface area contributed by atoms with E-state index in [9.17, 15) is 4.79 Å². The Morgan fingerprint density at radius 1 is 1.65 bits per heavy atom. The van der Waals surface area contributed by atoms with Crippen molar-refractivity contribution in [3.63, 3.8) is 0 Å². The molecule has 110 valence electrons. The molecule has 0 radical (unpaired) electrons. The summed E-state index contributed by atoms with van der Waals surface area (Å²) < 4.78 is 0. The van der Waals surface area contributed by atoms with Crippen LogP contribution in [-0.4, -0.2) is 28.2 Å². The smallest absolute Gasteiger partial charge is 0.237 e. The third-order valence-electron chi connectivity index (χ3n) is 3.68. The van der Waals surface area contributed by atoms with Gasteiger partial charge in [0.15, 0.2) is 0 Å². The van der Waals surface area contributed by atoms with E-state index in [1.54, 1.807) is 18.0 Å². The molecule has 1 heterocycles. The molecule has 0 spiro atoms.